The van der Waals surface area contributed by atoms with Gasteiger partial charge in [-0.2, -0.15) is 0 Å². The summed E-state index contributed by atoms with van der Waals surface area (Å²) in [6.45, 7) is 4.51. The second-order valence-electron chi connectivity index (χ2n) is 10.6. The molecule has 34 heavy (non-hydrogen) atoms. The van der Waals surface area contributed by atoms with E-state index < -0.39 is 0 Å². The average molecular weight is 467 g/mol. The molecule has 1 saturated carbocycles. The van der Waals surface area contributed by atoms with Crippen molar-refractivity contribution in [3.05, 3.63) is 47.5 Å². The highest BCUT2D eigenvalue weighted by Gasteiger charge is 2.22. The quantitative estimate of drug-likeness (QED) is 0.244. The molecule has 188 valence electrons. The summed E-state index contributed by atoms with van der Waals surface area (Å²) in [4.78, 5) is 9.24. The summed E-state index contributed by atoms with van der Waals surface area (Å²) >= 11 is 0. The molecule has 3 heteroatoms. The molecule has 1 aliphatic carbocycles. The van der Waals surface area contributed by atoms with Crippen LogP contribution in [0.15, 0.2) is 30.6 Å². The van der Waals surface area contributed by atoms with Gasteiger partial charge >= 0.3 is 0 Å². The number of benzene rings is 1. The molecule has 0 radical (unpaired) electrons. The van der Waals surface area contributed by atoms with Gasteiger partial charge in [0.25, 0.3) is 0 Å². The zero-order valence-electron chi connectivity index (χ0n) is 21.8. The molecular formula is C31H47FN2. The Morgan fingerprint density at radius 3 is 2.03 bits per heavy atom. The van der Waals surface area contributed by atoms with Crippen molar-refractivity contribution in [2.45, 2.75) is 129 Å². The smallest absolute Gasteiger partial charge is 0.159 e. The number of hydrogen-bond donors (Lipinski definition) is 0. The third-order valence-electron chi connectivity index (χ3n) is 7.82. The first-order valence-electron chi connectivity index (χ1n) is 14.3. The Morgan fingerprint density at radius 2 is 1.38 bits per heavy atom. The van der Waals surface area contributed by atoms with E-state index in [9.17, 15) is 4.39 Å². The number of nitrogens with zero attached hydrogens (tertiary/aromatic N) is 2. The Bertz CT molecular complexity index is 809. The van der Waals surface area contributed by atoms with Crippen molar-refractivity contribution < 1.29 is 4.39 Å². The monoisotopic (exact) mass is 466 g/mol. The van der Waals surface area contributed by atoms with Crippen LogP contribution in [0.3, 0.4) is 0 Å². The van der Waals surface area contributed by atoms with E-state index in [2.05, 4.69) is 23.8 Å². The fraction of sp³-hybridized carbons (Fsp3) is 0.677. The van der Waals surface area contributed by atoms with Crippen LogP contribution in [0.4, 0.5) is 4.39 Å². The molecule has 1 heterocycles. The lowest BCUT2D eigenvalue weighted by Crippen LogP contribution is -2.14. The lowest BCUT2D eigenvalue weighted by atomic mass is 9.77. The molecule has 0 N–H and O–H groups in total. The molecule has 0 unspecified atom stereocenters. The maximum absolute atomic E-state index is 14.7. The Labute approximate surface area is 208 Å². The van der Waals surface area contributed by atoms with Crippen LogP contribution in [-0.4, -0.2) is 9.97 Å². The number of rotatable bonds is 15. The SMILES string of the molecule is CCCCCCCCc1ccc(-c2ncc([C@H]3CC[C@H](CCCCCCC)CC3)cn2)cc1F. The van der Waals surface area contributed by atoms with Gasteiger partial charge in [0.05, 0.1) is 0 Å². The number of halogens is 1. The summed E-state index contributed by atoms with van der Waals surface area (Å²) in [6.07, 6.45) is 25.7. The predicted octanol–water partition coefficient (Wildman–Crippen LogP) is 9.82. The number of hydrogen-bond acceptors (Lipinski definition) is 2. The van der Waals surface area contributed by atoms with Crippen LogP contribution in [0.1, 0.15) is 134 Å². The molecule has 1 fully saturated rings. The Balaban J connectivity index is 1.44. The number of aromatic nitrogens is 2. The van der Waals surface area contributed by atoms with E-state index in [1.165, 1.54) is 102 Å². The topological polar surface area (TPSA) is 25.8 Å². The molecule has 3 rings (SSSR count). The molecular weight excluding hydrogens is 419 g/mol. The van der Waals surface area contributed by atoms with Gasteiger partial charge in [-0.3, -0.25) is 0 Å². The van der Waals surface area contributed by atoms with Crippen LogP contribution in [0.5, 0.6) is 0 Å². The standard InChI is InChI=1S/C31H47FN2/c1-3-5-7-9-11-13-15-27-20-21-28(22-30(27)32)31-33-23-29(24-34-31)26-18-16-25(17-19-26)14-12-10-8-6-4-2/h20-26H,3-19H2,1-2H3/t25-,26-. The van der Waals surface area contributed by atoms with E-state index in [4.69, 9.17) is 0 Å². The third-order valence-corrected chi connectivity index (χ3v) is 7.82. The van der Waals surface area contributed by atoms with Crippen LogP contribution < -0.4 is 0 Å². The molecule has 1 aromatic heterocycles. The first kappa shape index (κ1) is 26.8. The van der Waals surface area contributed by atoms with Crippen molar-refractivity contribution in [2.24, 2.45) is 5.92 Å². The second-order valence-corrected chi connectivity index (χ2v) is 10.6. The minimum absolute atomic E-state index is 0.119. The largest absolute Gasteiger partial charge is 0.236 e. The normalized spacial score (nSPS) is 18.3. The molecule has 1 aromatic carbocycles. The lowest BCUT2D eigenvalue weighted by Gasteiger charge is -2.28. The van der Waals surface area contributed by atoms with Gasteiger partial charge in [-0.25, -0.2) is 14.4 Å². The zero-order valence-corrected chi connectivity index (χ0v) is 21.8. The van der Waals surface area contributed by atoms with Gasteiger partial charge in [0.1, 0.15) is 5.82 Å². The van der Waals surface area contributed by atoms with Crippen molar-refractivity contribution >= 4 is 0 Å². The number of unbranched alkanes of at least 4 members (excludes halogenated alkanes) is 9. The third kappa shape index (κ3) is 8.78. The minimum Gasteiger partial charge on any atom is -0.236 e. The van der Waals surface area contributed by atoms with Crippen LogP contribution in [0.2, 0.25) is 0 Å². The Kier molecular flexibility index (Phi) is 12.1. The summed E-state index contributed by atoms with van der Waals surface area (Å²) in [5.41, 5.74) is 2.85. The predicted molar refractivity (Wildman–Crippen MR) is 143 cm³/mol. The highest BCUT2D eigenvalue weighted by atomic mass is 19.1. The number of aryl methyl sites for hydroxylation is 1. The Morgan fingerprint density at radius 1 is 0.765 bits per heavy atom. The maximum Gasteiger partial charge on any atom is 0.159 e. The summed E-state index contributed by atoms with van der Waals surface area (Å²) in [6, 6.07) is 5.53. The molecule has 0 atom stereocenters. The van der Waals surface area contributed by atoms with E-state index in [1.54, 1.807) is 6.07 Å². The molecule has 2 nitrogen and oxygen atoms in total. The van der Waals surface area contributed by atoms with Crippen molar-refractivity contribution in [2.75, 3.05) is 0 Å². The first-order chi connectivity index (χ1) is 16.7. The molecule has 0 amide bonds. The second kappa shape index (κ2) is 15.3. The molecule has 0 bridgehead atoms. The van der Waals surface area contributed by atoms with Crippen molar-refractivity contribution in [1.82, 2.24) is 9.97 Å². The average Bonchev–Trinajstić information content (AvgIpc) is 2.87. The van der Waals surface area contributed by atoms with Gasteiger partial charge in [-0.1, -0.05) is 96.6 Å². The van der Waals surface area contributed by atoms with Gasteiger partial charge in [-0.15, -0.1) is 0 Å². The van der Waals surface area contributed by atoms with Crippen LogP contribution in [-0.2, 0) is 6.42 Å². The van der Waals surface area contributed by atoms with E-state index in [0.29, 0.717) is 11.7 Å². The summed E-state index contributed by atoms with van der Waals surface area (Å²) in [5.74, 6) is 2.01. The van der Waals surface area contributed by atoms with E-state index in [-0.39, 0.29) is 5.82 Å². The van der Waals surface area contributed by atoms with Crippen molar-refractivity contribution in [1.29, 1.82) is 0 Å². The fourth-order valence-corrected chi connectivity index (χ4v) is 5.50. The zero-order chi connectivity index (χ0) is 24.0. The van der Waals surface area contributed by atoms with Gasteiger partial charge in [0.2, 0.25) is 0 Å². The van der Waals surface area contributed by atoms with E-state index in [0.717, 1.165) is 29.9 Å². The summed E-state index contributed by atoms with van der Waals surface area (Å²) in [5, 5.41) is 0. The van der Waals surface area contributed by atoms with Crippen LogP contribution in [0.25, 0.3) is 11.4 Å². The van der Waals surface area contributed by atoms with Gasteiger partial charge < -0.3 is 0 Å². The first-order valence-corrected chi connectivity index (χ1v) is 14.3. The molecule has 2 aromatic rings. The van der Waals surface area contributed by atoms with Crippen molar-refractivity contribution in [3.8, 4) is 11.4 Å². The fourth-order valence-electron chi connectivity index (χ4n) is 5.50. The van der Waals surface area contributed by atoms with Crippen LogP contribution in [0, 0.1) is 11.7 Å². The molecule has 0 spiro atoms. The Hall–Kier alpha value is -1.77. The van der Waals surface area contributed by atoms with Crippen LogP contribution >= 0.6 is 0 Å². The molecule has 0 saturated heterocycles. The van der Waals surface area contributed by atoms with Gasteiger partial charge in [0.15, 0.2) is 5.82 Å². The van der Waals surface area contributed by atoms with Crippen molar-refractivity contribution in [3.63, 3.8) is 0 Å². The molecule has 0 aliphatic heterocycles. The lowest BCUT2D eigenvalue weighted by molar-refractivity contribution is 0.301. The van der Waals surface area contributed by atoms with E-state index in [1.807, 2.05) is 24.5 Å². The maximum atomic E-state index is 14.7. The summed E-state index contributed by atoms with van der Waals surface area (Å²) < 4.78 is 14.7. The minimum atomic E-state index is -0.119. The molecule has 1 aliphatic rings. The highest BCUT2D eigenvalue weighted by Crippen LogP contribution is 2.37. The summed E-state index contributed by atoms with van der Waals surface area (Å²) in [7, 11) is 0. The van der Waals surface area contributed by atoms with Gasteiger partial charge in [-0.05, 0) is 67.6 Å². The van der Waals surface area contributed by atoms with Gasteiger partial charge in [0, 0.05) is 18.0 Å². The highest BCUT2D eigenvalue weighted by molar-refractivity contribution is 5.55. The van der Waals surface area contributed by atoms with E-state index >= 15 is 0 Å².